The minimum Gasteiger partial charge on any atom is -0.377 e. The summed E-state index contributed by atoms with van der Waals surface area (Å²) in [6, 6.07) is 6.50. The van der Waals surface area contributed by atoms with E-state index in [1.54, 1.807) is 24.3 Å². The largest absolute Gasteiger partial charge is 0.377 e. The second-order valence-electron chi connectivity index (χ2n) is 9.27. The third-order valence-electron chi connectivity index (χ3n) is 3.87. The third-order valence-corrected chi connectivity index (χ3v) is 3.87. The van der Waals surface area contributed by atoms with Crippen LogP contribution in [0.15, 0.2) is 24.3 Å². The molecule has 1 aromatic carbocycles. The summed E-state index contributed by atoms with van der Waals surface area (Å²) >= 11 is 0. The van der Waals surface area contributed by atoms with Gasteiger partial charge in [0.2, 0.25) is 0 Å². The summed E-state index contributed by atoms with van der Waals surface area (Å²) in [6.07, 6.45) is 0. The van der Waals surface area contributed by atoms with Crippen LogP contribution in [-0.4, -0.2) is 63.5 Å². The SMILES string of the molecule is CC(C)(C)C#CCOCCNC(=O)c1ccc(C(=O)NCCOCCOC(C)(C)C)cc1. The Morgan fingerprint density at radius 1 is 0.781 bits per heavy atom. The number of carbonyl (C=O) groups is 2. The predicted octanol–water partition coefficient (Wildman–Crippen LogP) is 3.04. The fourth-order valence-corrected chi connectivity index (χ4v) is 2.38. The van der Waals surface area contributed by atoms with Crippen LogP contribution in [0.2, 0.25) is 0 Å². The zero-order valence-electron chi connectivity index (χ0n) is 20.3. The van der Waals surface area contributed by atoms with Crippen molar-refractivity contribution in [3.05, 3.63) is 35.4 Å². The maximum atomic E-state index is 12.2. The highest BCUT2D eigenvalue weighted by Crippen LogP contribution is 2.09. The number of ether oxygens (including phenoxy) is 3. The molecule has 0 aliphatic carbocycles. The van der Waals surface area contributed by atoms with Gasteiger partial charge in [0.15, 0.2) is 0 Å². The van der Waals surface area contributed by atoms with Gasteiger partial charge in [-0.05, 0) is 65.8 Å². The van der Waals surface area contributed by atoms with E-state index in [1.807, 2.05) is 41.5 Å². The van der Waals surface area contributed by atoms with Crippen LogP contribution in [0.1, 0.15) is 62.3 Å². The molecule has 32 heavy (non-hydrogen) atoms. The molecule has 7 heteroatoms. The number of rotatable bonds is 12. The van der Waals surface area contributed by atoms with Gasteiger partial charge in [0.05, 0.1) is 32.0 Å². The molecular weight excluding hydrogens is 408 g/mol. The van der Waals surface area contributed by atoms with Crippen molar-refractivity contribution in [2.45, 2.75) is 47.1 Å². The van der Waals surface area contributed by atoms with Crippen LogP contribution in [0.4, 0.5) is 0 Å². The molecule has 0 fully saturated rings. The van der Waals surface area contributed by atoms with E-state index in [1.165, 1.54) is 0 Å². The Balaban J connectivity index is 2.23. The fraction of sp³-hybridized carbons (Fsp3) is 0.600. The van der Waals surface area contributed by atoms with E-state index in [0.29, 0.717) is 57.3 Å². The zero-order chi connectivity index (χ0) is 24.0. The molecule has 2 amide bonds. The van der Waals surface area contributed by atoms with Crippen LogP contribution < -0.4 is 10.6 Å². The molecule has 0 aliphatic heterocycles. The van der Waals surface area contributed by atoms with Gasteiger partial charge < -0.3 is 24.8 Å². The molecule has 1 rings (SSSR count). The molecule has 0 unspecified atom stereocenters. The molecule has 0 saturated heterocycles. The standard InChI is InChI=1S/C25H38N2O5/c1-24(2,3)12-7-15-30-16-13-26-22(28)20-8-10-21(11-9-20)23(29)27-14-17-31-18-19-32-25(4,5)6/h8-11H,13-19H2,1-6H3,(H,26,28)(H,27,29). The molecule has 0 spiro atoms. The number of amides is 2. The van der Waals surface area contributed by atoms with Gasteiger partial charge in [0.25, 0.3) is 11.8 Å². The molecule has 0 saturated carbocycles. The van der Waals surface area contributed by atoms with Crippen molar-refractivity contribution in [3.8, 4) is 11.8 Å². The highest BCUT2D eigenvalue weighted by molar-refractivity contribution is 5.97. The summed E-state index contributed by atoms with van der Waals surface area (Å²) in [5, 5.41) is 5.57. The van der Waals surface area contributed by atoms with Crippen molar-refractivity contribution < 1.29 is 23.8 Å². The summed E-state index contributed by atoms with van der Waals surface area (Å²) in [7, 11) is 0. The maximum Gasteiger partial charge on any atom is 0.251 e. The summed E-state index contributed by atoms with van der Waals surface area (Å²) in [5.74, 6) is 5.61. The number of benzene rings is 1. The van der Waals surface area contributed by atoms with Crippen molar-refractivity contribution in [3.63, 3.8) is 0 Å². The van der Waals surface area contributed by atoms with Gasteiger partial charge in [-0.25, -0.2) is 0 Å². The van der Waals surface area contributed by atoms with E-state index in [9.17, 15) is 9.59 Å². The lowest BCUT2D eigenvalue weighted by molar-refractivity contribution is -0.0341. The molecule has 1 aromatic rings. The average Bonchev–Trinajstić information content (AvgIpc) is 2.70. The molecule has 178 valence electrons. The Bertz CT molecular complexity index is 765. The molecule has 0 radical (unpaired) electrons. The first kappa shape index (κ1) is 27.6. The normalized spacial score (nSPS) is 11.4. The molecule has 0 aromatic heterocycles. The first-order valence-electron chi connectivity index (χ1n) is 10.9. The Morgan fingerprint density at radius 2 is 1.28 bits per heavy atom. The maximum absolute atomic E-state index is 12.2. The summed E-state index contributed by atoms with van der Waals surface area (Å²) < 4.78 is 16.4. The number of hydrogen-bond acceptors (Lipinski definition) is 5. The Morgan fingerprint density at radius 3 is 1.75 bits per heavy atom. The van der Waals surface area contributed by atoms with Crippen LogP contribution >= 0.6 is 0 Å². The Kier molecular flexibility index (Phi) is 12.0. The van der Waals surface area contributed by atoms with Gasteiger partial charge in [0.1, 0.15) is 6.61 Å². The lowest BCUT2D eigenvalue weighted by Gasteiger charge is -2.19. The van der Waals surface area contributed by atoms with Crippen molar-refractivity contribution in [1.29, 1.82) is 0 Å². The van der Waals surface area contributed by atoms with Crippen LogP contribution in [0.5, 0.6) is 0 Å². The number of carbonyl (C=O) groups excluding carboxylic acids is 2. The van der Waals surface area contributed by atoms with Gasteiger partial charge >= 0.3 is 0 Å². The smallest absolute Gasteiger partial charge is 0.251 e. The first-order valence-corrected chi connectivity index (χ1v) is 10.9. The Labute approximate surface area is 192 Å². The van der Waals surface area contributed by atoms with E-state index in [2.05, 4.69) is 22.5 Å². The minimum atomic E-state index is -0.216. The summed E-state index contributed by atoms with van der Waals surface area (Å²) in [4.78, 5) is 24.4. The summed E-state index contributed by atoms with van der Waals surface area (Å²) in [5.41, 5.74) is 0.736. The second kappa shape index (κ2) is 13.9. The molecule has 0 heterocycles. The van der Waals surface area contributed by atoms with Crippen molar-refractivity contribution >= 4 is 11.8 Å². The molecule has 0 atom stereocenters. The van der Waals surface area contributed by atoms with Gasteiger partial charge in [-0.2, -0.15) is 0 Å². The van der Waals surface area contributed by atoms with Crippen molar-refractivity contribution in [2.24, 2.45) is 5.41 Å². The lowest BCUT2D eigenvalue weighted by Crippen LogP contribution is -2.29. The van der Waals surface area contributed by atoms with Crippen LogP contribution in [0.3, 0.4) is 0 Å². The van der Waals surface area contributed by atoms with E-state index >= 15 is 0 Å². The van der Waals surface area contributed by atoms with E-state index in [4.69, 9.17) is 14.2 Å². The van der Waals surface area contributed by atoms with Crippen molar-refractivity contribution in [2.75, 3.05) is 46.1 Å². The van der Waals surface area contributed by atoms with Gasteiger partial charge in [0, 0.05) is 29.6 Å². The van der Waals surface area contributed by atoms with E-state index < -0.39 is 0 Å². The van der Waals surface area contributed by atoms with Crippen LogP contribution in [-0.2, 0) is 14.2 Å². The molecular formula is C25H38N2O5. The third kappa shape index (κ3) is 13.8. The van der Waals surface area contributed by atoms with Gasteiger partial charge in [-0.3, -0.25) is 9.59 Å². The predicted molar refractivity (Wildman–Crippen MR) is 126 cm³/mol. The zero-order valence-corrected chi connectivity index (χ0v) is 20.3. The van der Waals surface area contributed by atoms with E-state index in [-0.39, 0.29) is 22.8 Å². The highest BCUT2D eigenvalue weighted by atomic mass is 16.5. The summed E-state index contributed by atoms with van der Waals surface area (Å²) in [6.45, 7) is 15.0. The van der Waals surface area contributed by atoms with Crippen molar-refractivity contribution in [1.82, 2.24) is 10.6 Å². The van der Waals surface area contributed by atoms with Gasteiger partial charge in [-0.1, -0.05) is 11.8 Å². The van der Waals surface area contributed by atoms with Crippen LogP contribution in [0.25, 0.3) is 0 Å². The first-order chi connectivity index (χ1) is 15.0. The lowest BCUT2D eigenvalue weighted by atomic mass is 9.98. The minimum absolute atomic E-state index is 0.0459. The van der Waals surface area contributed by atoms with Crippen LogP contribution in [0, 0.1) is 17.3 Å². The van der Waals surface area contributed by atoms with E-state index in [0.717, 1.165) is 0 Å². The molecule has 0 aliphatic rings. The number of nitrogens with one attached hydrogen (secondary N) is 2. The second-order valence-corrected chi connectivity index (χ2v) is 9.27. The Hall–Kier alpha value is -2.40. The van der Waals surface area contributed by atoms with Gasteiger partial charge in [-0.15, -0.1) is 0 Å². The molecule has 2 N–H and O–H groups in total. The average molecular weight is 447 g/mol. The quantitative estimate of drug-likeness (QED) is 0.381. The molecule has 7 nitrogen and oxygen atoms in total. The highest BCUT2D eigenvalue weighted by Gasteiger charge is 2.10. The molecule has 0 bridgehead atoms. The topological polar surface area (TPSA) is 85.9 Å². The fourth-order valence-electron chi connectivity index (χ4n) is 2.38. The number of hydrogen-bond donors (Lipinski definition) is 2. The monoisotopic (exact) mass is 446 g/mol.